The van der Waals surface area contributed by atoms with Crippen LogP contribution >= 0.6 is 0 Å². The molecule has 4 heterocycles. The van der Waals surface area contributed by atoms with Gasteiger partial charge < -0.3 is 4.57 Å². The van der Waals surface area contributed by atoms with E-state index in [1.807, 2.05) is 0 Å². The number of nitrogens with zero attached hydrogens (tertiary/aromatic N) is 3. The second kappa shape index (κ2) is 7.55. The van der Waals surface area contributed by atoms with Crippen molar-refractivity contribution in [2.24, 2.45) is 0 Å². The molecule has 0 aliphatic carbocycles. The Hall–Kier alpha value is -5.02. The largest absolute Gasteiger partial charge is 0.309 e. The summed E-state index contributed by atoms with van der Waals surface area (Å²) >= 11 is 0. The van der Waals surface area contributed by atoms with Gasteiger partial charge in [0.1, 0.15) is 5.65 Å². The highest BCUT2D eigenvalue weighted by Crippen LogP contribution is 2.48. The van der Waals surface area contributed by atoms with E-state index in [9.17, 15) is 0 Å². The fourth-order valence-electron chi connectivity index (χ4n) is 7.18. The Bertz CT molecular complexity index is 2290. The van der Waals surface area contributed by atoms with Gasteiger partial charge >= 0.3 is 0 Å². The van der Waals surface area contributed by atoms with Crippen LogP contribution in [0.4, 0.5) is 0 Å². The van der Waals surface area contributed by atoms with Crippen LogP contribution in [0.3, 0.4) is 0 Å². The zero-order valence-electron chi connectivity index (χ0n) is 22.5. The van der Waals surface area contributed by atoms with E-state index in [-0.39, 0.29) is 5.41 Å². The number of para-hydroxylation sites is 4. The second-order valence-corrected chi connectivity index (χ2v) is 11.5. The maximum absolute atomic E-state index is 2.50. The molecule has 0 radical (unpaired) electrons. The Morgan fingerprint density at radius 1 is 0.450 bits per heavy atom. The highest BCUT2D eigenvalue weighted by Gasteiger charge is 2.38. The van der Waals surface area contributed by atoms with Crippen molar-refractivity contribution in [3.63, 3.8) is 0 Å². The summed E-state index contributed by atoms with van der Waals surface area (Å²) in [4.78, 5) is 0. The normalized spacial score (nSPS) is 13.9. The van der Waals surface area contributed by atoms with Gasteiger partial charge in [-0.2, -0.15) is 0 Å². The minimum atomic E-state index is -0.0609. The number of rotatable bonds is 2. The summed E-state index contributed by atoms with van der Waals surface area (Å²) < 4.78 is 7.36. The van der Waals surface area contributed by atoms with E-state index in [4.69, 9.17) is 0 Å². The fraction of sp³-hybridized carbons (Fsp3) is 0.0811. The van der Waals surface area contributed by atoms with Gasteiger partial charge in [0.15, 0.2) is 0 Å². The van der Waals surface area contributed by atoms with Gasteiger partial charge in [0, 0.05) is 44.0 Å². The van der Waals surface area contributed by atoms with E-state index < -0.39 is 0 Å². The first-order chi connectivity index (χ1) is 19.6. The Balaban J connectivity index is 1.41. The molecule has 3 heteroatoms. The number of aromatic nitrogens is 3. The number of hydrogen-bond donors (Lipinski definition) is 0. The summed E-state index contributed by atoms with van der Waals surface area (Å²) in [6.07, 6.45) is 0. The topological polar surface area (TPSA) is 14.8 Å². The van der Waals surface area contributed by atoms with Crippen LogP contribution in [0, 0.1) is 0 Å². The molecule has 3 nitrogen and oxygen atoms in total. The van der Waals surface area contributed by atoms with Crippen LogP contribution in [0.5, 0.6) is 0 Å². The maximum Gasteiger partial charge on any atom is 0.130 e. The quantitative estimate of drug-likeness (QED) is 0.219. The van der Waals surface area contributed by atoms with E-state index in [1.165, 1.54) is 72.1 Å². The smallest absolute Gasteiger partial charge is 0.130 e. The summed E-state index contributed by atoms with van der Waals surface area (Å²) in [6, 6.07) is 46.5. The summed E-state index contributed by atoms with van der Waals surface area (Å²) in [6.45, 7) is 4.70. The first kappa shape index (κ1) is 21.9. The van der Waals surface area contributed by atoms with Gasteiger partial charge in [0.2, 0.25) is 0 Å². The van der Waals surface area contributed by atoms with E-state index in [0.717, 1.165) is 0 Å². The van der Waals surface area contributed by atoms with Crippen LogP contribution in [0.15, 0.2) is 127 Å². The monoisotopic (exact) mass is 513 g/mol. The number of hydrogen-bond acceptors (Lipinski definition) is 0. The number of benzene rings is 5. The molecule has 3 aromatic heterocycles. The summed E-state index contributed by atoms with van der Waals surface area (Å²) in [5.74, 6) is 0. The second-order valence-electron chi connectivity index (χ2n) is 11.5. The Labute approximate surface area is 232 Å². The third kappa shape index (κ3) is 2.64. The van der Waals surface area contributed by atoms with Crippen LogP contribution in [-0.4, -0.2) is 13.7 Å². The van der Waals surface area contributed by atoms with Crippen molar-refractivity contribution < 1.29 is 0 Å². The SMILES string of the molecule is CC1(C)c2ccccc2-n2c1cc1c3ccccc3n(-c3ccc4c(c3)c3ccccc3n4-c3ccccc3)c12. The molecule has 0 bridgehead atoms. The molecular weight excluding hydrogens is 486 g/mol. The van der Waals surface area contributed by atoms with Gasteiger partial charge in [-0.3, -0.25) is 9.13 Å². The lowest BCUT2D eigenvalue weighted by Crippen LogP contribution is -2.15. The maximum atomic E-state index is 2.50. The Kier molecular flexibility index (Phi) is 4.13. The lowest BCUT2D eigenvalue weighted by molar-refractivity contribution is 0.644. The van der Waals surface area contributed by atoms with Crippen LogP contribution in [0.25, 0.3) is 60.8 Å². The average molecular weight is 514 g/mol. The van der Waals surface area contributed by atoms with Gasteiger partial charge in [-0.15, -0.1) is 0 Å². The fourth-order valence-corrected chi connectivity index (χ4v) is 7.18. The Morgan fingerprint density at radius 2 is 1.07 bits per heavy atom. The standard InChI is InChI=1S/C37H27N3/c1-37(2)30-16-8-11-19-34(30)40-35(37)23-29-27-15-7-10-18-32(27)39(36(29)40)25-20-21-33-28(22-25)26-14-6-9-17-31(26)38(33)24-12-4-3-5-13-24/h3-23H,1-2H3. The van der Waals surface area contributed by atoms with E-state index >= 15 is 0 Å². The van der Waals surface area contributed by atoms with Crippen molar-refractivity contribution in [1.29, 1.82) is 0 Å². The van der Waals surface area contributed by atoms with Gasteiger partial charge in [-0.05, 0) is 60.2 Å². The van der Waals surface area contributed by atoms with Gasteiger partial charge in [-0.1, -0.05) is 86.6 Å². The first-order valence-corrected chi connectivity index (χ1v) is 14.0. The van der Waals surface area contributed by atoms with Crippen molar-refractivity contribution in [1.82, 2.24) is 13.7 Å². The predicted molar refractivity (Wildman–Crippen MR) is 167 cm³/mol. The minimum Gasteiger partial charge on any atom is -0.309 e. The molecule has 190 valence electrons. The molecule has 0 spiro atoms. The van der Waals surface area contributed by atoms with Crippen molar-refractivity contribution in [2.75, 3.05) is 0 Å². The number of fused-ring (bicyclic) bond motifs is 10. The van der Waals surface area contributed by atoms with Crippen molar-refractivity contribution in [3.05, 3.63) is 139 Å². The third-order valence-electron chi connectivity index (χ3n) is 9.01. The molecule has 0 N–H and O–H groups in total. The molecule has 0 fully saturated rings. The molecule has 1 aliphatic heterocycles. The highest BCUT2D eigenvalue weighted by atomic mass is 15.2. The van der Waals surface area contributed by atoms with Gasteiger partial charge in [0.05, 0.1) is 22.2 Å². The first-order valence-electron chi connectivity index (χ1n) is 14.0. The zero-order chi connectivity index (χ0) is 26.6. The predicted octanol–water partition coefficient (Wildman–Crippen LogP) is 9.31. The highest BCUT2D eigenvalue weighted by molar-refractivity contribution is 6.12. The summed E-state index contributed by atoms with van der Waals surface area (Å²) in [7, 11) is 0. The summed E-state index contributed by atoms with van der Waals surface area (Å²) in [5.41, 5.74) is 11.2. The van der Waals surface area contributed by atoms with E-state index in [1.54, 1.807) is 0 Å². The van der Waals surface area contributed by atoms with Crippen molar-refractivity contribution in [2.45, 2.75) is 19.3 Å². The molecule has 1 aliphatic rings. The molecule has 8 aromatic rings. The minimum absolute atomic E-state index is 0.0609. The molecule has 0 unspecified atom stereocenters. The molecule has 40 heavy (non-hydrogen) atoms. The van der Waals surface area contributed by atoms with Crippen LogP contribution in [0.2, 0.25) is 0 Å². The van der Waals surface area contributed by atoms with E-state index in [0.29, 0.717) is 0 Å². The van der Waals surface area contributed by atoms with Crippen LogP contribution in [-0.2, 0) is 5.41 Å². The van der Waals surface area contributed by atoms with Crippen molar-refractivity contribution >= 4 is 43.7 Å². The van der Waals surface area contributed by atoms with Crippen molar-refractivity contribution in [3.8, 4) is 17.1 Å². The molecule has 0 saturated carbocycles. The molecule has 9 rings (SSSR count). The Morgan fingerprint density at radius 3 is 1.88 bits per heavy atom. The molecule has 0 saturated heterocycles. The lowest BCUT2D eigenvalue weighted by atomic mass is 9.83. The van der Waals surface area contributed by atoms with Gasteiger partial charge in [0.25, 0.3) is 0 Å². The van der Waals surface area contributed by atoms with Crippen LogP contribution in [0.1, 0.15) is 25.1 Å². The van der Waals surface area contributed by atoms with Crippen LogP contribution < -0.4 is 0 Å². The lowest BCUT2D eigenvalue weighted by Gasteiger charge is -2.18. The summed E-state index contributed by atoms with van der Waals surface area (Å²) in [5, 5.41) is 5.12. The molecule has 0 atom stereocenters. The van der Waals surface area contributed by atoms with E-state index in [2.05, 4.69) is 155 Å². The van der Waals surface area contributed by atoms with Gasteiger partial charge in [-0.25, -0.2) is 0 Å². The molecular formula is C37H27N3. The molecule has 5 aromatic carbocycles. The molecule has 0 amide bonds. The zero-order valence-corrected chi connectivity index (χ0v) is 22.5. The average Bonchev–Trinajstić information content (AvgIpc) is 3.69. The third-order valence-corrected chi connectivity index (χ3v) is 9.01.